The fourth-order valence-electron chi connectivity index (χ4n) is 1.46. The van der Waals surface area contributed by atoms with Crippen molar-refractivity contribution >= 4 is 43.5 Å². The molecule has 0 fully saturated rings. The van der Waals surface area contributed by atoms with Gasteiger partial charge in [-0.25, -0.2) is 0 Å². The van der Waals surface area contributed by atoms with Crippen LogP contribution in [0.2, 0.25) is 0 Å². The van der Waals surface area contributed by atoms with Crippen molar-refractivity contribution < 1.29 is 18.0 Å². The third-order valence-corrected chi connectivity index (χ3v) is 3.65. The van der Waals surface area contributed by atoms with Gasteiger partial charge in [-0.15, -0.1) is 0 Å². The summed E-state index contributed by atoms with van der Waals surface area (Å²) >= 11 is 6.68. The predicted octanol–water partition coefficient (Wildman–Crippen LogP) is 4.00. The van der Waals surface area contributed by atoms with E-state index in [1.165, 1.54) is 6.92 Å². The van der Waals surface area contributed by atoms with Crippen molar-refractivity contribution in [3.63, 3.8) is 0 Å². The van der Waals surface area contributed by atoms with Crippen LogP contribution in [0.1, 0.15) is 12.5 Å². The largest absolute Gasteiger partial charge is 0.405 e. The van der Waals surface area contributed by atoms with E-state index in [-0.39, 0.29) is 0 Å². The summed E-state index contributed by atoms with van der Waals surface area (Å²) in [6.07, 6.45) is -4.42. The first-order valence-electron chi connectivity index (χ1n) is 5.67. The highest BCUT2D eigenvalue weighted by Gasteiger charge is 2.28. The highest BCUT2D eigenvalue weighted by Crippen LogP contribution is 2.32. The summed E-state index contributed by atoms with van der Waals surface area (Å²) in [6.45, 7) is 2.05. The van der Waals surface area contributed by atoms with Crippen LogP contribution in [-0.2, 0) is 4.79 Å². The van der Waals surface area contributed by atoms with Crippen LogP contribution < -0.4 is 10.6 Å². The molecule has 0 saturated heterocycles. The molecule has 0 saturated carbocycles. The van der Waals surface area contributed by atoms with Crippen molar-refractivity contribution in [3.8, 4) is 0 Å². The maximum Gasteiger partial charge on any atom is 0.405 e. The van der Waals surface area contributed by atoms with Gasteiger partial charge >= 0.3 is 6.18 Å². The predicted molar refractivity (Wildman–Crippen MR) is 78.7 cm³/mol. The van der Waals surface area contributed by atoms with Gasteiger partial charge in [0.2, 0.25) is 5.91 Å². The summed E-state index contributed by atoms with van der Waals surface area (Å²) in [5, 5.41) is 4.70. The molecule has 0 aliphatic heterocycles. The smallest absolute Gasteiger partial charge is 0.372 e. The standard InChI is InChI=1S/C12H13Br2F3N2O/c1-6-3-8(13)10(9(14)4-6)19-7(2)11(20)18-5-12(15,16)17/h3-4,7,19H,5H2,1-2H3,(H,18,20). The number of carbonyl (C=O) groups is 1. The molecule has 1 rings (SSSR count). The fraction of sp³-hybridized carbons (Fsp3) is 0.417. The number of alkyl halides is 3. The van der Waals surface area contributed by atoms with Crippen molar-refractivity contribution in [2.24, 2.45) is 0 Å². The highest BCUT2D eigenvalue weighted by atomic mass is 79.9. The van der Waals surface area contributed by atoms with Gasteiger partial charge in [0.05, 0.1) is 5.69 Å². The third kappa shape index (κ3) is 5.32. The Morgan fingerprint density at radius 3 is 2.25 bits per heavy atom. The number of aryl methyl sites for hydroxylation is 1. The molecule has 0 spiro atoms. The fourth-order valence-corrected chi connectivity index (χ4v) is 3.10. The van der Waals surface area contributed by atoms with Crippen LogP contribution in [0, 0.1) is 6.92 Å². The average molecular weight is 418 g/mol. The zero-order valence-corrected chi connectivity index (χ0v) is 13.9. The van der Waals surface area contributed by atoms with E-state index in [2.05, 4.69) is 37.2 Å². The lowest BCUT2D eigenvalue weighted by atomic mass is 10.2. The number of hydrogen-bond donors (Lipinski definition) is 2. The number of carbonyl (C=O) groups excluding carboxylic acids is 1. The number of rotatable bonds is 4. The van der Waals surface area contributed by atoms with Crippen LogP contribution in [0.4, 0.5) is 18.9 Å². The molecule has 1 aromatic carbocycles. The van der Waals surface area contributed by atoms with Gasteiger partial charge in [0, 0.05) is 8.95 Å². The van der Waals surface area contributed by atoms with Gasteiger partial charge < -0.3 is 10.6 Å². The second kappa shape index (κ2) is 6.80. The van der Waals surface area contributed by atoms with Crippen molar-refractivity contribution in [2.75, 3.05) is 11.9 Å². The molecular formula is C12H13Br2F3N2O. The average Bonchev–Trinajstić information content (AvgIpc) is 2.29. The molecule has 0 aliphatic carbocycles. The topological polar surface area (TPSA) is 41.1 Å². The number of anilines is 1. The van der Waals surface area contributed by atoms with Crippen molar-refractivity contribution in [1.29, 1.82) is 0 Å². The minimum absolute atomic E-state index is 0.616. The number of hydrogen-bond acceptors (Lipinski definition) is 2. The monoisotopic (exact) mass is 416 g/mol. The molecule has 0 aromatic heterocycles. The lowest BCUT2D eigenvalue weighted by Crippen LogP contribution is -2.42. The van der Waals surface area contributed by atoms with Crippen LogP contribution in [0.25, 0.3) is 0 Å². The molecule has 112 valence electrons. The van der Waals surface area contributed by atoms with E-state index in [0.717, 1.165) is 14.5 Å². The lowest BCUT2D eigenvalue weighted by molar-refractivity contribution is -0.138. The molecule has 0 heterocycles. The number of benzene rings is 1. The molecule has 1 aromatic rings. The van der Waals surface area contributed by atoms with Gasteiger partial charge in [-0.3, -0.25) is 4.79 Å². The Labute approximate surface area is 131 Å². The van der Waals surface area contributed by atoms with E-state index in [0.29, 0.717) is 5.69 Å². The third-order valence-electron chi connectivity index (χ3n) is 2.40. The van der Waals surface area contributed by atoms with Crippen molar-refractivity contribution in [2.45, 2.75) is 26.1 Å². The zero-order chi connectivity index (χ0) is 15.5. The molecule has 1 unspecified atom stereocenters. The summed E-state index contributed by atoms with van der Waals surface area (Å²) < 4.78 is 37.5. The van der Waals surface area contributed by atoms with E-state index in [9.17, 15) is 18.0 Å². The van der Waals surface area contributed by atoms with Gasteiger partial charge in [-0.2, -0.15) is 13.2 Å². The van der Waals surface area contributed by atoms with E-state index in [1.54, 1.807) is 0 Å². The Morgan fingerprint density at radius 2 is 1.80 bits per heavy atom. The molecule has 3 nitrogen and oxygen atoms in total. The molecule has 8 heteroatoms. The second-order valence-electron chi connectivity index (χ2n) is 4.30. The minimum atomic E-state index is -4.42. The Bertz CT molecular complexity index is 483. The quantitative estimate of drug-likeness (QED) is 0.777. The number of amides is 1. The van der Waals surface area contributed by atoms with Crippen LogP contribution in [0.5, 0.6) is 0 Å². The molecule has 0 radical (unpaired) electrons. The number of halogens is 5. The molecule has 1 amide bonds. The van der Waals surface area contributed by atoms with E-state index >= 15 is 0 Å². The summed E-state index contributed by atoms with van der Waals surface area (Å²) in [5.41, 5.74) is 1.62. The molecule has 0 aliphatic rings. The SMILES string of the molecule is Cc1cc(Br)c(NC(C)C(=O)NCC(F)(F)F)c(Br)c1. The zero-order valence-electron chi connectivity index (χ0n) is 10.7. The second-order valence-corrected chi connectivity index (χ2v) is 6.01. The van der Waals surface area contributed by atoms with E-state index in [1.807, 2.05) is 24.4 Å². The first-order valence-corrected chi connectivity index (χ1v) is 7.25. The highest BCUT2D eigenvalue weighted by molar-refractivity contribution is 9.11. The summed E-state index contributed by atoms with van der Waals surface area (Å²) in [5.74, 6) is -0.721. The Morgan fingerprint density at radius 1 is 1.30 bits per heavy atom. The van der Waals surface area contributed by atoms with Crippen LogP contribution in [0.15, 0.2) is 21.1 Å². The summed E-state index contributed by atoms with van der Waals surface area (Å²) in [7, 11) is 0. The van der Waals surface area contributed by atoms with Crippen molar-refractivity contribution in [3.05, 3.63) is 26.6 Å². The molecule has 20 heavy (non-hydrogen) atoms. The van der Waals surface area contributed by atoms with Crippen LogP contribution >= 0.6 is 31.9 Å². The molecule has 0 bridgehead atoms. The van der Waals surface area contributed by atoms with E-state index in [4.69, 9.17) is 0 Å². The van der Waals surface area contributed by atoms with Gasteiger partial charge in [0.1, 0.15) is 12.6 Å². The molecule has 2 N–H and O–H groups in total. The molecule has 1 atom stereocenters. The van der Waals surface area contributed by atoms with Gasteiger partial charge in [-0.1, -0.05) is 0 Å². The minimum Gasteiger partial charge on any atom is -0.372 e. The van der Waals surface area contributed by atoms with Crippen LogP contribution in [0.3, 0.4) is 0 Å². The van der Waals surface area contributed by atoms with Gasteiger partial charge in [-0.05, 0) is 63.4 Å². The first kappa shape index (κ1) is 17.3. The van der Waals surface area contributed by atoms with Gasteiger partial charge in [0.15, 0.2) is 0 Å². The number of nitrogens with one attached hydrogen (secondary N) is 2. The Balaban J connectivity index is 2.71. The van der Waals surface area contributed by atoms with Crippen LogP contribution in [-0.4, -0.2) is 24.7 Å². The first-order chi connectivity index (χ1) is 9.10. The van der Waals surface area contributed by atoms with Crippen molar-refractivity contribution in [1.82, 2.24) is 5.32 Å². The maximum atomic E-state index is 12.0. The Kier molecular flexibility index (Phi) is 5.88. The summed E-state index contributed by atoms with van der Waals surface area (Å²) in [6, 6.07) is 2.88. The normalized spacial score (nSPS) is 12.9. The molecular weight excluding hydrogens is 405 g/mol. The Hall–Kier alpha value is -0.760. The summed E-state index contributed by atoms with van der Waals surface area (Å²) in [4.78, 5) is 11.6. The van der Waals surface area contributed by atoms with Gasteiger partial charge in [0.25, 0.3) is 0 Å². The lowest BCUT2D eigenvalue weighted by Gasteiger charge is -2.18. The van der Waals surface area contributed by atoms with E-state index < -0.39 is 24.7 Å². The maximum absolute atomic E-state index is 12.0.